The van der Waals surface area contributed by atoms with Gasteiger partial charge in [0.15, 0.2) is 0 Å². The molecule has 112 valence electrons. The summed E-state index contributed by atoms with van der Waals surface area (Å²) in [6.45, 7) is 7.33. The van der Waals surface area contributed by atoms with Gasteiger partial charge in [0.25, 0.3) is 0 Å². The van der Waals surface area contributed by atoms with E-state index in [-0.39, 0.29) is 17.5 Å². The molecular weight excluding hydrogens is 278 g/mol. The number of carboxylic acids is 1. The number of hydrogen-bond acceptors (Lipinski definition) is 4. The monoisotopic (exact) mass is 299 g/mol. The molecule has 0 aliphatic heterocycles. The maximum atomic E-state index is 12.0. The molecule has 0 radical (unpaired) electrons. The van der Waals surface area contributed by atoms with E-state index in [1.165, 1.54) is 0 Å². The van der Waals surface area contributed by atoms with Gasteiger partial charge in [-0.3, -0.25) is 0 Å². The molecule has 0 aliphatic rings. The van der Waals surface area contributed by atoms with Crippen LogP contribution in [0.15, 0.2) is 0 Å². The fourth-order valence-electron chi connectivity index (χ4n) is 1.74. The number of aromatic nitrogens is 1. The average Bonchev–Trinajstić information content (AvgIpc) is 2.78. The maximum Gasteiger partial charge on any atom is 0.347 e. The first kappa shape index (κ1) is 16.4. The quantitative estimate of drug-likeness (QED) is 0.810. The minimum Gasteiger partial charge on any atom is -0.477 e. The third-order valence-corrected chi connectivity index (χ3v) is 4.02. The Kier molecular flexibility index (Phi) is 6.44. The van der Waals surface area contributed by atoms with Crippen molar-refractivity contribution in [2.24, 2.45) is 0 Å². The molecule has 0 spiro atoms. The summed E-state index contributed by atoms with van der Waals surface area (Å²) in [6, 6.07) is -0.134. The fraction of sp³-hybridized carbons (Fsp3) is 0.615. The first-order valence-corrected chi connectivity index (χ1v) is 7.53. The highest BCUT2D eigenvalue weighted by Crippen LogP contribution is 2.17. The number of unbranched alkanes of at least 4 members (excludes halogenated alkanes) is 1. The SMILES string of the molecule is CCCCN(CC)C(=O)NCc1nc(C)c(C(=O)O)s1. The van der Waals surface area contributed by atoms with Crippen LogP contribution in [0.4, 0.5) is 4.79 Å². The number of aromatic carboxylic acids is 1. The molecule has 0 atom stereocenters. The molecule has 0 aromatic carbocycles. The lowest BCUT2D eigenvalue weighted by Gasteiger charge is -2.20. The van der Waals surface area contributed by atoms with E-state index in [0.717, 1.165) is 30.7 Å². The largest absolute Gasteiger partial charge is 0.477 e. The first-order valence-electron chi connectivity index (χ1n) is 6.71. The van der Waals surface area contributed by atoms with Gasteiger partial charge in [0.05, 0.1) is 12.2 Å². The van der Waals surface area contributed by atoms with Gasteiger partial charge in [-0.25, -0.2) is 14.6 Å². The Morgan fingerprint density at radius 1 is 1.40 bits per heavy atom. The zero-order chi connectivity index (χ0) is 15.1. The van der Waals surface area contributed by atoms with Crippen molar-refractivity contribution in [1.82, 2.24) is 15.2 Å². The number of aryl methyl sites for hydroxylation is 1. The van der Waals surface area contributed by atoms with Crippen molar-refractivity contribution < 1.29 is 14.7 Å². The summed E-state index contributed by atoms with van der Waals surface area (Å²) in [5, 5.41) is 12.3. The third kappa shape index (κ3) is 4.48. The molecule has 0 fully saturated rings. The predicted molar refractivity (Wildman–Crippen MR) is 78.2 cm³/mol. The summed E-state index contributed by atoms with van der Waals surface area (Å²) >= 11 is 1.10. The third-order valence-electron chi connectivity index (χ3n) is 2.88. The summed E-state index contributed by atoms with van der Waals surface area (Å²) in [5.41, 5.74) is 0.491. The van der Waals surface area contributed by atoms with Crippen LogP contribution >= 0.6 is 11.3 Å². The average molecular weight is 299 g/mol. The van der Waals surface area contributed by atoms with E-state index in [0.29, 0.717) is 17.2 Å². The molecule has 0 saturated carbocycles. The molecular formula is C13H21N3O3S. The van der Waals surface area contributed by atoms with E-state index < -0.39 is 5.97 Å². The van der Waals surface area contributed by atoms with Crippen LogP contribution in [-0.2, 0) is 6.54 Å². The highest BCUT2D eigenvalue weighted by Gasteiger charge is 2.15. The molecule has 0 saturated heterocycles. The minimum absolute atomic E-state index is 0.134. The number of nitrogens with one attached hydrogen (secondary N) is 1. The lowest BCUT2D eigenvalue weighted by molar-refractivity contribution is 0.0701. The first-order chi connectivity index (χ1) is 9.49. The van der Waals surface area contributed by atoms with Crippen molar-refractivity contribution in [3.8, 4) is 0 Å². The van der Waals surface area contributed by atoms with Gasteiger partial charge in [-0.05, 0) is 20.3 Å². The summed E-state index contributed by atoms with van der Waals surface area (Å²) in [4.78, 5) is 29.0. The Hall–Kier alpha value is -1.63. The van der Waals surface area contributed by atoms with E-state index in [9.17, 15) is 9.59 Å². The van der Waals surface area contributed by atoms with Gasteiger partial charge in [0, 0.05) is 13.1 Å². The van der Waals surface area contributed by atoms with E-state index in [1.807, 2.05) is 6.92 Å². The van der Waals surface area contributed by atoms with Gasteiger partial charge < -0.3 is 15.3 Å². The summed E-state index contributed by atoms with van der Waals surface area (Å²) in [5.74, 6) is -0.976. The number of carbonyl (C=O) groups is 2. The van der Waals surface area contributed by atoms with Gasteiger partial charge >= 0.3 is 12.0 Å². The molecule has 0 unspecified atom stereocenters. The summed E-state index contributed by atoms with van der Waals surface area (Å²) in [6.07, 6.45) is 2.01. The van der Waals surface area contributed by atoms with Crippen molar-refractivity contribution in [2.45, 2.75) is 40.2 Å². The molecule has 2 amide bonds. The predicted octanol–water partition coefficient (Wildman–Crippen LogP) is 2.48. The molecule has 1 aromatic rings. The molecule has 1 aromatic heterocycles. The standard InChI is InChI=1S/C13H21N3O3S/c1-4-6-7-16(5-2)13(19)14-8-10-15-9(3)11(20-10)12(17)18/h4-8H2,1-3H3,(H,14,19)(H,17,18). The lowest BCUT2D eigenvalue weighted by Crippen LogP contribution is -2.40. The van der Waals surface area contributed by atoms with E-state index >= 15 is 0 Å². The second kappa shape index (κ2) is 7.84. The van der Waals surface area contributed by atoms with Crippen molar-refractivity contribution in [3.63, 3.8) is 0 Å². The van der Waals surface area contributed by atoms with E-state index in [2.05, 4.69) is 17.2 Å². The zero-order valence-electron chi connectivity index (χ0n) is 12.1. The molecule has 1 rings (SSSR count). The Balaban J connectivity index is 2.55. The molecule has 7 heteroatoms. The van der Waals surface area contributed by atoms with Crippen molar-refractivity contribution in [3.05, 3.63) is 15.6 Å². The normalized spacial score (nSPS) is 10.3. The number of urea groups is 1. The number of rotatable bonds is 7. The number of carboxylic acid groups (broad SMARTS) is 1. The van der Waals surface area contributed by atoms with Crippen LogP contribution in [0, 0.1) is 6.92 Å². The van der Waals surface area contributed by atoms with Crippen LogP contribution in [0.5, 0.6) is 0 Å². The Bertz CT molecular complexity index is 473. The molecule has 1 heterocycles. The second-order valence-corrected chi connectivity index (χ2v) is 5.50. The van der Waals surface area contributed by atoms with Crippen molar-refractivity contribution >= 4 is 23.3 Å². The smallest absolute Gasteiger partial charge is 0.347 e. The van der Waals surface area contributed by atoms with Gasteiger partial charge in [-0.15, -0.1) is 11.3 Å². The van der Waals surface area contributed by atoms with Crippen molar-refractivity contribution in [1.29, 1.82) is 0 Å². The van der Waals surface area contributed by atoms with Crippen molar-refractivity contribution in [2.75, 3.05) is 13.1 Å². The van der Waals surface area contributed by atoms with Crippen LogP contribution in [0.25, 0.3) is 0 Å². The van der Waals surface area contributed by atoms with Gasteiger partial charge in [-0.2, -0.15) is 0 Å². The van der Waals surface area contributed by atoms with Gasteiger partial charge in [0.2, 0.25) is 0 Å². The molecule has 0 bridgehead atoms. The molecule has 2 N–H and O–H groups in total. The number of carbonyl (C=O) groups excluding carboxylic acids is 1. The lowest BCUT2D eigenvalue weighted by atomic mass is 10.3. The fourth-order valence-corrected chi connectivity index (χ4v) is 2.58. The number of hydrogen-bond donors (Lipinski definition) is 2. The molecule has 0 aliphatic carbocycles. The Morgan fingerprint density at radius 3 is 2.60 bits per heavy atom. The number of amides is 2. The molecule has 6 nitrogen and oxygen atoms in total. The van der Waals surface area contributed by atoms with Crippen LogP contribution < -0.4 is 5.32 Å². The van der Waals surface area contributed by atoms with Gasteiger partial charge in [-0.1, -0.05) is 13.3 Å². The van der Waals surface area contributed by atoms with Gasteiger partial charge in [0.1, 0.15) is 9.88 Å². The second-order valence-electron chi connectivity index (χ2n) is 4.42. The van der Waals surface area contributed by atoms with Crippen LogP contribution in [0.3, 0.4) is 0 Å². The van der Waals surface area contributed by atoms with E-state index in [1.54, 1.807) is 11.8 Å². The van der Waals surface area contributed by atoms with Crippen LogP contribution in [0.2, 0.25) is 0 Å². The summed E-state index contributed by atoms with van der Waals surface area (Å²) < 4.78 is 0. The van der Waals surface area contributed by atoms with Crippen LogP contribution in [-0.4, -0.2) is 40.1 Å². The molecule has 20 heavy (non-hydrogen) atoms. The topological polar surface area (TPSA) is 82.5 Å². The number of thiazole rings is 1. The Labute approximate surface area is 122 Å². The summed E-state index contributed by atoms with van der Waals surface area (Å²) in [7, 11) is 0. The zero-order valence-corrected chi connectivity index (χ0v) is 12.9. The number of nitrogens with zero attached hydrogens (tertiary/aromatic N) is 2. The highest BCUT2D eigenvalue weighted by atomic mass is 32.1. The van der Waals surface area contributed by atoms with E-state index in [4.69, 9.17) is 5.11 Å². The highest BCUT2D eigenvalue weighted by molar-refractivity contribution is 7.13. The maximum absolute atomic E-state index is 12.0. The Morgan fingerprint density at radius 2 is 2.10 bits per heavy atom. The minimum atomic E-state index is -0.976. The van der Waals surface area contributed by atoms with Crippen LogP contribution in [0.1, 0.15) is 47.1 Å².